The summed E-state index contributed by atoms with van der Waals surface area (Å²) in [5.74, 6) is 0.327. The van der Waals surface area contributed by atoms with Crippen molar-refractivity contribution in [2.75, 3.05) is 7.11 Å². The molecule has 9 nitrogen and oxygen atoms in total. The average Bonchev–Trinajstić information content (AvgIpc) is 2.74. The van der Waals surface area contributed by atoms with Gasteiger partial charge in [-0.05, 0) is 51.8 Å². The second kappa shape index (κ2) is 9.14. The minimum Gasteiger partial charge on any atom is -0.493 e. The molecule has 3 aromatic rings. The van der Waals surface area contributed by atoms with Gasteiger partial charge in [0.25, 0.3) is 5.69 Å². The van der Waals surface area contributed by atoms with Crippen molar-refractivity contribution in [2.45, 2.75) is 0 Å². The lowest BCUT2D eigenvalue weighted by atomic mass is 10.2. The summed E-state index contributed by atoms with van der Waals surface area (Å²) in [4.78, 5) is 25.2. The van der Waals surface area contributed by atoms with Crippen molar-refractivity contribution >= 4 is 39.2 Å². The largest absolute Gasteiger partial charge is 0.493 e. The molecule has 0 amide bonds. The molecule has 3 rings (SSSR count). The molecule has 0 fully saturated rings. The number of non-ortho nitro benzene ring substituents is 1. The number of ether oxygens (including phenoxy) is 2. The molecule has 0 aromatic heterocycles. The summed E-state index contributed by atoms with van der Waals surface area (Å²) in [5.41, 5.74) is 0.531. The van der Waals surface area contributed by atoms with Crippen LogP contribution in [0.25, 0.3) is 0 Å². The van der Waals surface area contributed by atoms with E-state index in [4.69, 9.17) is 9.47 Å². The van der Waals surface area contributed by atoms with E-state index in [9.17, 15) is 20.2 Å². The van der Waals surface area contributed by atoms with E-state index < -0.39 is 21.2 Å². The number of rotatable bonds is 7. The third-order valence-corrected chi connectivity index (χ3v) is 4.52. The van der Waals surface area contributed by atoms with Crippen molar-refractivity contribution in [1.29, 1.82) is 0 Å². The molecular weight excluding hydrogens is 458 g/mol. The van der Waals surface area contributed by atoms with Crippen LogP contribution in [0.4, 0.5) is 17.1 Å². The lowest BCUT2D eigenvalue weighted by molar-refractivity contribution is -0.394. The van der Waals surface area contributed by atoms with E-state index in [0.717, 1.165) is 17.8 Å². The molecule has 0 aliphatic carbocycles. The number of benzene rings is 3. The third-order valence-electron chi connectivity index (χ3n) is 3.93. The van der Waals surface area contributed by atoms with Crippen molar-refractivity contribution < 1.29 is 19.3 Å². The van der Waals surface area contributed by atoms with Crippen molar-refractivity contribution in [1.82, 2.24) is 0 Å². The molecule has 0 saturated carbocycles. The summed E-state index contributed by atoms with van der Waals surface area (Å²) in [6.45, 7) is 0. The van der Waals surface area contributed by atoms with Crippen LogP contribution in [0.1, 0.15) is 5.56 Å². The SMILES string of the molecule is COc1cc(C=Nc2ccccc2)cc(Br)c1Oc1ccc([N+](=O)[O-])cc1[N+](=O)[O-]. The smallest absolute Gasteiger partial charge is 0.318 e. The maximum Gasteiger partial charge on any atom is 0.318 e. The van der Waals surface area contributed by atoms with Crippen LogP contribution in [0.15, 0.2) is 70.1 Å². The summed E-state index contributed by atoms with van der Waals surface area (Å²) in [6.07, 6.45) is 1.64. The Hall–Kier alpha value is -3.79. The van der Waals surface area contributed by atoms with E-state index in [2.05, 4.69) is 20.9 Å². The van der Waals surface area contributed by atoms with Gasteiger partial charge in [-0.1, -0.05) is 18.2 Å². The van der Waals surface area contributed by atoms with E-state index in [1.54, 1.807) is 18.3 Å². The monoisotopic (exact) mass is 471 g/mol. The van der Waals surface area contributed by atoms with E-state index in [0.29, 0.717) is 15.8 Å². The van der Waals surface area contributed by atoms with Crippen molar-refractivity contribution in [3.05, 3.63) is 90.9 Å². The number of nitro groups is 2. The average molecular weight is 472 g/mol. The van der Waals surface area contributed by atoms with Crippen molar-refractivity contribution in [2.24, 2.45) is 4.99 Å². The molecule has 30 heavy (non-hydrogen) atoms. The zero-order valence-corrected chi connectivity index (χ0v) is 17.1. The zero-order valence-electron chi connectivity index (χ0n) is 15.5. The maximum absolute atomic E-state index is 11.3. The quantitative estimate of drug-likeness (QED) is 0.243. The molecule has 0 saturated heterocycles. The number of halogens is 1. The van der Waals surface area contributed by atoms with Gasteiger partial charge in [-0.15, -0.1) is 0 Å². The number of hydrogen-bond donors (Lipinski definition) is 0. The molecule has 0 N–H and O–H groups in total. The lowest BCUT2D eigenvalue weighted by Crippen LogP contribution is -1.98. The molecule has 152 valence electrons. The van der Waals surface area contributed by atoms with E-state index in [1.165, 1.54) is 13.2 Å². The first-order chi connectivity index (χ1) is 14.4. The van der Waals surface area contributed by atoms with Crippen LogP contribution in [0.2, 0.25) is 0 Å². The Bertz CT molecular complexity index is 1130. The Kier molecular flexibility index (Phi) is 6.38. The van der Waals surface area contributed by atoms with Gasteiger partial charge in [-0.2, -0.15) is 0 Å². The van der Waals surface area contributed by atoms with Gasteiger partial charge in [-0.25, -0.2) is 0 Å². The molecular formula is C20H14BrN3O6. The van der Waals surface area contributed by atoms with Crippen molar-refractivity contribution in [3.63, 3.8) is 0 Å². The Morgan fingerprint density at radius 2 is 1.70 bits per heavy atom. The first-order valence-corrected chi connectivity index (χ1v) is 9.25. The van der Waals surface area contributed by atoms with Crippen LogP contribution in [0, 0.1) is 20.2 Å². The van der Waals surface area contributed by atoms with Crippen LogP contribution < -0.4 is 9.47 Å². The third kappa shape index (κ3) is 4.78. The molecule has 0 radical (unpaired) electrons. The highest BCUT2D eigenvalue weighted by Crippen LogP contribution is 2.42. The van der Waals surface area contributed by atoms with E-state index >= 15 is 0 Å². The van der Waals surface area contributed by atoms with Gasteiger partial charge in [0.05, 0.1) is 33.2 Å². The predicted octanol–water partition coefficient (Wildman–Crippen LogP) is 5.82. The number of para-hydroxylation sites is 1. The summed E-state index contributed by atoms with van der Waals surface area (Å²) in [7, 11) is 1.43. The van der Waals surface area contributed by atoms with Crippen LogP contribution in [-0.2, 0) is 0 Å². The van der Waals surface area contributed by atoms with Gasteiger partial charge in [0.2, 0.25) is 5.75 Å². The minimum absolute atomic E-state index is 0.157. The highest BCUT2D eigenvalue weighted by Gasteiger charge is 2.23. The number of nitro benzene ring substituents is 2. The van der Waals surface area contributed by atoms with Gasteiger partial charge >= 0.3 is 5.69 Å². The summed E-state index contributed by atoms with van der Waals surface area (Å²) in [6, 6.07) is 15.9. The lowest BCUT2D eigenvalue weighted by Gasteiger charge is -2.13. The Balaban J connectivity index is 1.96. The normalized spacial score (nSPS) is 10.7. The van der Waals surface area contributed by atoms with Gasteiger partial charge in [0.15, 0.2) is 11.5 Å². The standard InChI is InChI=1S/C20H14BrN3O6/c1-29-19-10-13(12-22-14-5-3-2-4-6-14)9-16(21)20(19)30-18-8-7-15(23(25)26)11-17(18)24(27)28/h2-12H,1H3. The van der Waals surface area contributed by atoms with Crippen LogP contribution in [0.5, 0.6) is 17.2 Å². The second-order valence-electron chi connectivity index (χ2n) is 5.90. The minimum atomic E-state index is -0.746. The van der Waals surface area contributed by atoms with Gasteiger partial charge in [0.1, 0.15) is 0 Å². The number of methoxy groups -OCH3 is 1. The molecule has 10 heteroatoms. The van der Waals surface area contributed by atoms with Gasteiger partial charge in [-0.3, -0.25) is 25.2 Å². The van der Waals surface area contributed by atoms with Crippen LogP contribution >= 0.6 is 15.9 Å². The number of aliphatic imine (C=N–C) groups is 1. The molecule has 0 spiro atoms. The zero-order chi connectivity index (χ0) is 21.7. The highest BCUT2D eigenvalue weighted by atomic mass is 79.9. The Morgan fingerprint density at radius 1 is 0.967 bits per heavy atom. The highest BCUT2D eigenvalue weighted by molar-refractivity contribution is 9.10. The first kappa shape index (κ1) is 20.9. The number of hydrogen-bond acceptors (Lipinski definition) is 7. The molecule has 3 aromatic carbocycles. The molecule has 0 atom stereocenters. The Labute approximate surface area is 179 Å². The maximum atomic E-state index is 11.3. The van der Waals surface area contributed by atoms with E-state index in [-0.39, 0.29) is 11.5 Å². The molecule has 0 unspecified atom stereocenters. The summed E-state index contributed by atoms with van der Waals surface area (Å²) >= 11 is 3.38. The van der Waals surface area contributed by atoms with Gasteiger partial charge in [0, 0.05) is 12.3 Å². The van der Waals surface area contributed by atoms with Gasteiger partial charge < -0.3 is 9.47 Å². The Morgan fingerprint density at radius 3 is 2.33 bits per heavy atom. The van der Waals surface area contributed by atoms with Crippen LogP contribution in [-0.4, -0.2) is 23.2 Å². The molecule has 0 heterocycles. The summed E-state index contributed by atoms with van der Waals surface area (Å²) in [5, 5.41) is 22.2. The van der Waals surface area contributed by atoms with Crippen LogP contribution in [0.3, 0.4) is 0 Å². The predicted molar refractivity (Wildman–Crippen MR) is 114 cm³/mol. The first-order valence-electron chi connectivity index (χ1n) is 8.46. The fraction of sp³-hybridized carbons (Fsp3) is 0.0500. The number of nitrogens with zero attached hydrogens (tertiary/aromatic N) is 3. The molecule has 0 aliphatic heterocycles. The van der Waals surface area contributed by atoms with Crippen molar-refractivity contribution in [3.8, 4) is 17.2 Å². The fourth-order valence-corrected chi connectivity index (χ4v) is 3.08. The molecule has 0 aliphatic rings. The fourth-order valence-electron chi connectivity index (χ4n) is 2.53. The topological polar surface area (TPSA) is 117 Å². The van der Waals surface area contributed by atoms with E-state index in [1.807, 2.05) is 30.3 Å². The molecule has 0 bridgehead atoms. The summed E-state index contributed by atoms with van der Waals surface area (Å²) < 4.78 is 11.5. The second-order valence-corrected chi connectivity index (χ2v) is 6.75.